The summed E-state index contributed by atoms with van der Waals surface area (Å²) >= 11 is 0. The molecular formula is C90H132AlO12P3. The monoisotopic (exact) mass is 1520 g/mol. The molecule has 0 bridgehead atoms. The van der Waals surface area contributed by atoms with Gasteiger partial charge >= 0.3 is 40.8 Å². The zero-order valence-corrected chi connectivity index (χ0v) is 75.8. The molecule has 6 aromatic rings. The van der Waals surface area contributed by atoms with Gasteiger partial charge in [-0.2, -0.15) is 0 Å². The fraction of sp³-hybridized carbons (Fsp3) is 0.600. The molecule has 0 aromatic heterocycles. The van der Waals surface area contributed by atoms with Crippen molar-refractivity contribution in [3.05, 3.63) is 173 Å². The average Bonchev–Trinajstić information content (AvgIpc) is 1.41. The summed E-state index contributed by atoms with van der Waals surface area (Å²) in [5, 5.41) is 0. The maximum atomic E-state index is 13.4. The predicted octanol–water partition coefficient (Wildman–Crippen LogP) is 23.3. The van der Waals surface area contributed by atoms with Crippen molar-refractivity contribution >= 4 is 40.8 Å². The Morgan fingerprint density at radius 1 is 0.208 bits per heavy atom. The minimum atomic E-state index is -4.70. The van der Waals surface area contributed by atoms with Gasteiger partial charge in [0.25, 0.3) is 0 Å². The molecule has 3 aliphatic heterocycles. The summed E-state index contributed by atoms with van der Waals surface area (Å²) < 4.78 is 75.2. The van der Waals surface area contributed by atoms with E-state index in [9.17, 15) is 28.4 Å². The molecule has 16 heteroatoms. The fourth-order valence-electron chi connectivity index (χ4n) is 13.4. The van der Waals surface area contributed by atoms with Gasteiger partial charge in [-0.1, -0.05) is 322 Å². The molecule has 0 spiro atoms. The third kappa shape index (κ3) is 22.1. The quantitative estimate of drug-likeness (QED) is 0.104. The van der Waals surface area contributed by atoms with Crippen molar-refractivity contribution in [2.75, 3.05) is 0 Å². The first-order valence-corrected chi connectivity index (χ1v) is 42.3. The van der Waals surface area contributed by atoms with Gasteiger partial charge in [0.05, 0.1) is 0 Å². The molecule has 9 rings (SSSR count). The Labute approximate surface area is 652 Å². The van der Waals surface area contributed by atoms with Gasteiger partial charge in [0.1, 0.15) is 34.5 Å². The summed E-state index contributed by atoms with van der Waals surface area (Å²) in [7, 11) is -14.1. The van der Waals surface area contributed by atoms with Crippen LogP contribution >= 0.6 is 23.5 Å². The van der Waals surface area contributed by atoms with Crippen LogP contribution in [0.2, 0.25) is 0 Å². The zero-order valence-electron chi connectivity index (χ0n) is 72.0. The Morgan fingerprint density at radius 3 is 0.396 bits per heavy atom. The molecule has 0 aliphatic carbocycles. The van der Waals surface area contributed by atoms with Crippen molar-refractivity contribution in [3.8, 4) is 34.5 Å². The first-order chi connectivity index (χ1) is 46.8. The Hall–Kier alpha value is -4.78. The molecule has 106 heavy (non-hydrogen) atoms. The minimum absolute atomic E-state index is 0. The first-order valence-electron chi connectivity index (χ1n) is 38.0. The van der Waals surface area contributed by atoms with Crippen LogP contribution < -0.4 is 41.8 Å². The number of hydrogen-bond acceptors (Lipinski definition) is 12. The molecule has 0 N–H and O–H groups in total. The topological polar surface area (TPSA) is 176 Å². The molecule has 3 aliphatic rings. The van der Waals surface area contributed by atoms with E-state index in [-0.39, 0.29) is 82.3 Å². The van der Waals surface area contributed by atoms with Crippen LogP contribution in [-0.4, -0.2) is 17.4 Å². The smallest absolute Gasteiger partial charge is 0.736 e. The third-order valence-electron chi connectivity index (χ3n) is 20.2. The summed E-state index contributed by atoms with van der Waals surface area (Å²) in [5.74, 6) is 2.53. The number of benzene rings is 6. The molecule has 0 atom stereocenters. The van der Waals surface area contributed by atoms with Gasteiger partial charge in [-0.15, -0.1) is 0 Å². The second-order valence-corrected chi connectivity index (χ2v) is 46.2. The molecule has 12 nitrogen and oxygen atoms in total. The van der Waals surface area contributed by atoms with Crippen molar-refractivity contribution in [1.82, 2.24) is 0 Å². The molecule has 0 saturated heterocycles. The molecule has 0 amide bonds. The molecule has 0 fully saturated rings. The first kappa shape index (κ1) is 90.1. The van der Waals surface area contributed by atoms with Crippen LogP contribution in [0.1, 0.15) is 349 Å². The molecular weight excluding hydrogens is 1390 g/mol. The van der Waals surface area contributed by atoms with E-state index in [2.05, 4.69) is 322 Å². The Balaban J connectivity index is 0.000000248. The summed E-state index contributed by atoms with van der Waals surface area (Å²) in [4.78, 5) is 40.2. The SMILES string of the molecule is CC(C)(C)c1cc2c(c(C(C)(C)C)c1)OP(=O)([O-])Oc1c(cc(C(C)(C)C)cc1C(C)(C)C)CC2.CC(C)(C)c1cc2c(c(C(C)(C)C)c1)OP(=O)([O-])Oc1c(cc(C(C)(C)C)cc1C(C)(C)C)CC2.CC(C)(C)c1cc2c(c(C(C)(C)C)c1)OP(=O)([O-])Oc1c(cc(C(C)(C)C)cc1C(C)(C)C)CC2.[Al+3]. The van der Waals surface area contributed by atoms with Gasteiger partial charge in [-0.3, -0.25) is 0 Å². The van der Waals surface area contributed by atoms with Crippen LogP contribution in [0.5, 0.6) is 34.5 Å². The van der Waals surface area contributed by atoms with Crippen LogP contribution in [0.4, 0.5) is 0 Å². The summed E-state index contributed by atoms with van der Waals surface area (Å²) in [6.07, 6.45) is 3.98. The fourth-order valence-corrected chi connectivity index (χ4v) is 16.1. The third-order valence-corrected chi connectivity index (χ3v) is 22.7. The number of hydrogen-bond donors (Lipinski definition) is 0. The normalized spacial score (nSPS) is 16.6. The molecule has 3 heterocycles. The van der Waals surface area contributed by atoms with E-state index in [0.29, 0.717) is 73.0 Å². The Kier molecular flexibility index (Phi) is 25.5. The van der Waals surface area contributed by atoms with Crippen molar-refractivity contribution < 1.29 is 55.5 Å². The van der Waals surface area contributed by atoms with E-state index in [1.54, 1.807) is 0 Å². The maximum Gasteiger partial charge on any atom is 3.00 e. The van der Waals surface area contributed by atoms with Crippen molar-refractivity contribution in [2.24, 2.45) is 0 Å². The van der Waals surface area contributed by atoms with E-state index >= 15 is 0 Å². The number of aryl methyl sites for hydroxylation is 6. The van der Waals surface area contributed by atoms with E-state index in [4.69, 9.17) is 27.1 Å². The number of rotatable bonds is 0. The van der Waals surface area contributed by atoms with Gasteiger partial charge in [0, 0.05) is 33.4 Å². The van der Waals surface area contributed by atoms with Crippen molar-refractivity contribution in [3.63, 3.8) is 0 Å². The second-order valence-electron chi connectivity index (χ2n) is 42.5. The minimum Gasteiger partial charge on any atom is -0.736 e. The molecule has 0 saturated carbocycles. The van der Waals surface area contributed by atoms with Gasteiger partial charge in [-0.05, 0) is 170 Å². The summed E-state index contributed by atoms with van der Waals surface area (Å²) in [5.41, 5.74) is 15.5. The molecule has 582 valence electrons. The van der Waals surface area contributed by atoms with Crippen LogP contribution in [0, 0.1) is 0 Å². The maximum absolute atomic E-state index is 13.4. The van der Waals surface area contributed by atoms with Crippen LogP contribution in [-0.2, 0) is 117 Å². The summed E-state index contributed by atoms with van der Waals surface area (Å²) in [6, 6.07) is 25.3. The molecule has 6 aromatic carbocycles. The average molecular weight is 1530 g/mol. The molecule has 0 radical (unpaired) electrons. The van der Waals surface area contributed by atoms with Gasteiger partial charge in [0.15, 0.2) is 0 Å². The van der Waals surface area contributed by atoms with Crippen LogP contribution in [0.3, 0.4) is 0 Å². The van der Waals surface area contributed by atoms with Gasteiger partial charge in [-0.25, -0.2) is 13.7 Å². The van der Waals surface area contributed by atoms with Crippen LogP contribution in [0.25, 0.3) is 0 Å². The van der Waals surface area contributed by atoms with Gasteiger partial charge < -0.3 is 41.8 Å². The standard InChI is InChI=1S/3C30H45O4P.Al/c3*1-27(2,3)21-15-19-13-14-20-16-22(28(4,5)6)18-24(30(10,11)12)26(20)34-35(31,32)33-25(19)23(17-21)29(7,8)9;/h3*15-18H,13-14H2,1-12H3,(H,31,32);/q;;;+3/p-3. The predicted molar refractivity (Wildman–Crippen MR) is 438 cm³/mol. The Bertz CT molecular complexity index is 3680. The number of fused-ring (bicyclic) bond motifs is 6. The van der Waals surface area contributed by atoms with E-state index < -0.39 is 23.5 Å². The zero-order chi connectivity index (χ0) is 80.3. The molecule has 0 unspecified atom stereocenters. The van der Waals surface area contributed by atoms with Crippen molar-refractivity contribution in [2.45, 2.75) is 353 Å². The number of phosphoric acid groups is 3. The van der Waals surface area contributed by atoms with Crippen LogP contribution in [0.15, 0.2) is 72.8 Å². The number of phosphoric ester groups is 3. The largest absolute Gasteiger partial charge is 3.00 e. The van der Waals surface area contributed by atoms with E-state index in [1.807, 2.05) is 0 Å². The van der Waals surface area contributed by atoms with Gasteiger partial charge in [0.2, 0.25) is 0 Å². The summed E-state index contributed by atoms with van der Waals surface area (Å²) in [6.45, 7) is 76.8. The second kappa shape index (κ2) is 30.0. The van der Waals surface area contributed by atoms with Crippen molar-refractivity contribution in [1.29, 1.82) is 0 Å². The Morgan fingerprint density at radius 2 is 0.311 bits per heavy atom. The van der Waals surface area contributed by atoms with E-state index in [0.717, 1.165) is 66.8 Å². The van der Waals surface area contributed by atoms with E-state index in [1.165, 1.54) is 33.4 Å².